The van der Waals surface area contributed by atoms with Crippen molar-refractivity contribution >= 4 is 11.9 Å². The number of anilines is 1. The van der Waals surface area contributed by atoms with Gasteiger partial charge < -0.3 is 19.1 Å². The number of carbonyl (C=O) groups is 1. The monoisotopic (exact) mass is 449 g/mol. The summed E-state index contributed by atoms with van der Waals surface area (Å²) in [6.07, 6.45) is 3.57. The number of likely N-dealkylation sites (tertiary alicyclic amines) is 1. The van der Waals surface area contributed by atoms with Crippen LogP contribution in [0, 0.1) is 6.92 Å². The van der Waals surface area contributed by atoms with E-state index in [1.807, 2.05) is 68.2 Å². The van der Waals surface area contributed by atoms with Gasteiger partial charge in [0.25, 0.3) is 5.91 Å². The average molecular weight is 450 g/mol. The summed E-state index contributed by atoms with van der Waals surface area (Å²) in [5.74, 6) is 1.96. The molecule has 2 aromatic heterocycles. The van der Waals surface area contributed by atoms with Gasteiger partial charge in [0, 0.05) is 32.4 Å². The van der Waals surface area contributed by atoms with Crippen LogP contribution in [-0.4, -0.2) is 53.7 Å². The molecule has 3 heterocycles. The molecular formula is C25H31N5O3. The molecule has 1 amide bonds. The summed E-state index contributed by atoms with van der Waals surface area (Å²) in [5, 5.41) is 4.16. The van der Waals surface area contributed by atoms with Crippen LogP contribution in [-0.2, 0) is 0 Å². The molecule has 1 aliphatic heterocycles. The van der Waals surface area contributed by atoms with E-state index in [1.54, 1.807) is 14.0 Å². The number of methoxy groups -OCH3 is 1. The summed E-state index contributed by atoms with van der Waals surface area (Å²) in [7, 11) is 5.48. The lowest BCUT2D eigenvalue weighted by Crippen LogP contribution is -2.32. The van der Waals surface area contributed by atoms with Gasteiger partial charge in [-0.1, -0.05) is 31.1 Å². The van der Waals surface area contributed by atoms with Crippen molar-refractivity contribution in [3.8, 4) is 16.9 Å². The van der Waals surface area contributed by atoms with Gasteiger partial charge in [0.2, 0.25) is 5.95 Å². The number of nitrogens with zero attached hydrogens (tertiary/aromatic N) is 5. The van der Waals surface area contributed by atoms with E-state index >= 15 is 0 Å². The predicted molar refractivity (Wildman–Crippen MR) is 127 cm³/mol. The molecule has 4 rings (SSSR count). The Bertz CT molecular complexity index is 1150. The second-order valence-electron chi connectivity index (χ2n) is 8.91. The molecule has 0 radical (unpaired) electrons. The molecule has 0 N–H and O–H groups in total. The number of carbonyl (C=O) groups excluding carboxylic acids is 1. The third kappa shape index (κ3) is 4.29. The quantitative estimate of drug-likeness (QED) is 0.543. The first-order chi connectivity index (χ1) is 15.8. The maximum atomic E-state index is 13.8. The van der Waals surface area contributed by atoms with E-state index in [0.29, 0.717) is 29.5 Å². The van der Waals surface area contributed by atoms with Crippen LogP contribution in [0.25, 0.3) is 11.1 Å². The lowest BCUT2D eigenvalue weighted by atomic mass is 9.98. The first-order valence-corrected chi connectivity index (χ1v) is 11.3. The molecule has 0 bridgehead atoms. The standard InChI is InChI=1S/C25H31N5O3/c1-15(2)22-21(16(3)33-28-22)24(31)30-12-8-11-20(30)23-19(14-26-25(27-23)29(4)5)17-9-7-10-18(13-17)32-6/h7,9-10,13-15,20H,8,11-12H2,1-6H3. The number of amides is 1. The van der Waals surface area contributed by atoms with Crippen LogP contribution in [0.15, 0.2) is 35.0 Å². The van der Waals surface area contributed by atoms with E-state index in [-0.39, 0.29) is 17.9 Å². The van der Waals surface area contributed by atoms with Crippen molar-refractivity contribution in [1.29, 1.82) is 0 Å². The Labute approximate surface area is 194 Å². The number of benzene rings is 1. The van der Waals surface area contributed by atoms with Crippen LogP contribution >= 0.6 is 0 Å². The molecule has 1 aromatic carbocycles. The second kappa shape index (κ2) is 9.21. The predicted octanol–water partition coefficient (Wildman–Crippen LogP) is 4.62. The highest BCUT2D eigenvalue weighted by atomic mass is 16.5. The van der Waals surface area contributed by atoms with E-state index < -0.39 is 0 Å². The van der Waals surface area contributed by atoms with Crippen LogP contribution in [0.1, 0.15) is 66.2 Å². The van der Waals surface area contributed by atoms with Gasteiger partial charge in [-0.25, -0.2) is 9.97 Å². The second-order valence-corrected chi connectivity index (χ2v) is 8.91. The third-order valence-corrected chi connectivity index (χ3v) is 6.07. The molecule has 1 fully saturated rings. The zero-order valence-electron chi connectivity index (χ0n) is 20.1. The molecule has 1 atom stereocenters. The molecule has 1 unspecified atom stereocenters. The van der Waals surface area contributed by atoms with Crippen molar-refractivity contribution in [2.24, 2.45) is 0 Å². The topological polar surface area (TPSA) is 84.6 Å². The van der Waals surface area contributed by atoms with Crippen molar-refractivity contribution in [2.75, 3.05) is 32.6 Å². The van der Waals surface area contributed by atoms with Crippen LogP contribution in [0.2, 0.25) is 0 Å². The normalized spacial score (nSPS) is 15.8. The van der Waals surface area contributed by atoms with Gasteiger partial charge in [0.15, 0.2) is 0 Å². The molecule has 1 saturated heterocycles. The van der Waals surface area contributed by atoms with Gasteiger partial charge in [-0.05, 0) is 43.4 Å². The molecule has 8 nitrogen and oxygen atoms in total. The fourth-order valence-corrected chi connectivity index (χ4v) is 4.35. The molecule has 0 spiro atoms. The maximum absolute atomic E-state index is 13.8. The SMILES string of the molecule is COc1cccc(-c2cnc(N(C)C)nc2C2CCCN2C(=O)c2c(C(C)C)noc2C)c1. The third-order valence-electron chi connectivity index (χ3n) is 6.07. The Morgan fingerprint density at radius 2 is 2.09 bits per heavy atom. The Balaban J connectivity index is 1.81. The minimum Gasteiger partial charge on any atom is -0.497 e. The van der Waals surface area contributed by atoms with E-state index in [0.717, 1.165) is 35.4 Å². The molecule has 0 saturated carbocycles. The zero-order chi connectivity index (χ0) is 23.7. The fourth-order valence-electron chi connectivity index (χ4n) is 4.35. The number of hydrogen-bond acceptors (Lipinski definition) is 7. The van der Waals surface area contributed by atoms with Crippen molar-refractivity contribution in [3.63, 3.8) is 0 Å². The Morgan fingerprint density at radius 3 is 2.79 bits per heavy atom. The fraction of sp³-hybridized carbons (Fsp3) is 0.440. The van der Waals surface area contributed by atoms with Gasteiger partial charge >= 0.3 is 0 Å². The highest BCUT2D eigenvalue weighted by Gasteiger charge is 2.37. The Hall–Kier alpha value is -3.42. The van der Waals surface area contributed by atoms with Crippen LogP contribution in [0.4, 0.5) is 5.95 Å². The van der Waals surface area contributed by atoms with Gasteiger partial charge in [-0.3, -0.25) is 4.79 Å². The van der Waals surface area contributed by atoms with Crippen LogP contribution < -0.4 is 9.64 Å². The van der Waals surface area contributed by atoms with Crippen molar-refractivity contribution < 1.29 is 14.1 Å². The number of aryl methyl sites for hydroxylation is 1. The molecule has 3 aromatic rings. The Morgan fingerprint density at radius 1 is 1.30 bits per heavy atom. The summed E-state index contributed by atoms with van der Waals surface area (Å²) in [4.78, 5) is 27.0. The highest BCUT2D eigenvalue weighted by Crippen LogP contribution is 2.39. The van der Waals surface area contributed by atoms with E-state index in [9.17, 15) is 4.79 Å². The summed E-state index contributed by atoms with van der Waals surface area (Å²) in [6, 6.07) is 7.67. The number of rotatable bonds is 6. The summed E-state index contributed by atoms with van der Waals surface area (Å²) in [6.45, 7) is 6.49. The first kappa shape index (κ1) is 22.8. The van der Waals surface area contributed by atoms with Crippen LogP contribution in [0.3, 0.4) is 0 Å². The smallest absolute Gasteiger partial charge is 0.259 e. The number of aromatic nitrogens is 3. The van der Waals surface area contributed by atoms with Crippen LogP contribution in [0.5, 0.6) is 5.75 Å². The van der Waals surface area contributed by atoms with Gasteiger partial charge in [0.05, 0.1) is 24.5 Å². The van der Waals surface area contributed by atoms with Crippen molar-refractivity contribution in [1.82, 2.24) is 20.0 Å². The molecule has 1 aliphatic rings. The lowest BCUT2D eigenvalue weighted by molar-refractivity contribution is 0.0730. The Kier molecular flexibility index (Phi) is 6.35. The van der Waals surface area contributed by atoms with E-state index in [4.69, 9.17) is 14.2 Å². The van der Waals surface area contributed by atoms with E-state index in [1.165, 1.54) is 0 Å². The number of ether oxygens (including phenoxy) is 1. The van der Waals surface area contributed by atoms with Gasteiger partial charge in [0.1, 0.15) is 17.1 Å². The molecular weight excluding hydrogens is 418 g/mol. The van der Waals surface area contributed by atoms with Crippen molar-refractivity contribution in [2.45, 2.75) is 45.6 Å². The minimum absolute atomic E-state index is 0.0541. The highest BCUT2D eigenvalue weighted by molar-refractivity contribution is 5.97. The van der Waals surface area contributed by atoms with Crippen molar-refractivity contribution in [3.05, 3.63) is 53.2 Å². The zero-order valence-corrected chi connectivity index (χ0v) is 20.1. The molecule has 8 heteroatoms. The largest absolute Gasteiger partial charge is 0.497 e. The summed E-state index contributed by atoms with van der Waals surface area (Å²) < 4.78 is 10.8. The average Bonchev–Trinajstić information content (AvgIpc) is 3.45. The van der Waals surface area contributed by atoms with E-state index in [2.05, 4.69) is 10.1 Å². The van der Waals surface area contributed by atoms with Gasteiger partial charge in [-0.15, -0.1) is 0 Å². The minimum atomic E-state index is -0.172. The molecule has 33 heavy (non-hydrogen) atoms. The van der Waals surface area contributed by atoms with Gasteiger partial charge in [-0.2, -0.15) is 0 Å². The first-order valence-electron chi connectivity index (χ1n) is 11.3. The molecule has 0 aliphatic carbocycles. The lowest BCUT2D eigenvalue weighted by Gasteiger charge is -2.27. The number of hydrogen-bond donors (Lipinski definition) is 0. The maximum Gasteiger partial charge on any atom is 0.259 e. The molecule has 174 valence electrons. The summed E-state index contributed by atoms with van der Waals surface area (Å²) in [5.41, 5.74) is 3.97. The summed E-state index contributed by atoms with van der Waals surface area (Å²) >= 11 is 0.